The lowest BCUT2D eigenvalue weighted by atomic mass is 10.2. The van der Waals surface area contributed by atoms with Crippen molar-refractivity contribution in [3.63, 3.8) is 0 Å². The minimum atomic E-state index is -1.05. The average molecular weight is 303 g/mol. The summed E-state index contributed by atoms with van der Waals surface area (Å²) < 4.78 is 5.00. The third-order valence-corrected chi connectivity index (χ3v) is 2.98. The van der Waals surface area contributed by atoms with E-state index in [0.29, 0.717) is 0 Å². The number of thiocarbonyl (C=S) groups is 1. The first-order chi connectivity index (χ1) is 9.10. The predicted molar refractivity (Wildman–Crippen MR) is 74.5 cm³/mol. The van der Waals surface area contributed by atoms with Crippen LogP contribution in [-0.2, 0) is 9.53 Å². The summed E-state index contributed by atoms with van der Waals surface area (Å²) in [5, 5.41) is 30.0. The number of aliphatic hydroxyl groups is 1. The SMILES string of the molecule is CC(C)(C)OC([O-])=NCC(=S)N1CC(O)CC1C(=O)O. The lowest BCUT2D eigenvalue weighted by Crippen LogP contribution is -2.41. The molecule has 1 rings (SSSR count). The Morgan fingerprint density at radius 2 is 2.15 bits per heavy atom. The second-order valence-electron chi connectivity index (χ2n) is 5.59. The van der Waals surface area contributed by atoms with Crippen LogP contribution in [0.15, 0.2) is 4.99 Å². The van der Waals surface area contributed by atoms with Crippen molar-refractivity contribution in [2.45, 2.75) is 44.9 Å². The van der Waals surface area contributed by atoms with Crippen LogP contribution in [-0.4, -0.2) is 63.0 Å². The quantitative estimate of drug-likeness (QED) is 0.406. The number of carboxylic acid groups (broad SMARTS) is 1. The molecule has 0 aromatic rings. The Bertz CT molecular complexity index is 419. The summed E-state index contributed by atoms with van der Waals surface area (Å²) in [4.78, 5) is 16.3. The summed E-state index contributed by atoms with van der Waals surface area (Å²) in [6.07, 6.45) is -1.37. The summed E-state index contributed by atoms with van der Waals surface area (Å²) in [5.74, 6) is -1.05. The number of hydrogen-bond acceptors (Lipinski definition) is 6. The molecule has 0 aliphatic carbocycles. The van der Waals surface area contributed by atoms with Gasteiger partial charge >= 0.3 is 5.97 Å². The molecular formula is C12H19N2O5S-. The van der Waals surface area contributed by atoms with Crippen LogP contribution in [0.2, 0.25) is 0 Å². The van der Waals surface area contributed by atoms with Gasteiger partial charge in [-0.1, -0.05) is 33.0 Å². The van der Waals surface area contributed by atoms with Crippen LogP contribution >= 0.6 is 12.2 Å². The number of carboxylic acids is 1. The molecule has 1 heterocycles. The van der Waals surface area contributed by atoms with Gasteiger partial charge in [-0.05, 0) is 0 Å². The number of aliphatic imine (C=N–C) groups is 1. The fourth-order valence-corrected chi connectivity index (χ4v) is 2.11. The van der Waals surface area contributed by atoms with Crippen LogP contribution in [0.3, 0.4) is 0 Å². The van der Waals surface area contributed by atoms with E-state index in [2.05, 4.69) is 4.99 Å². The van der Waals surface area contributed by atoms with Crippen molar-refractivity contribution in [1.29, 1.82) is 0 Å². The van der Waals surface area contributed by atoms with Gasteiger partial charge in [0.05, 0.1) is 12.6 Å². The van der Waals surface area contributed by atoms with Crippen LogP contribution in [0.5, 0.6) is 0 Å². The van der Waals surface area contributed by atoms with Gasteiger partial charge in [0.2, 0.25) is 0 Å². The van der Waals surface area contributed by atoms with E-state index in [4.69, 9.17) is 22.1 Å². The number of aliphatic carboxylic acids is 1. The molecule has 1 saturated heterocycles. The minimum absolute atomic E-state index is 0.113. The second-order valence-corrected chi connectivity index (χ2v) is 6.06. The molecule has 1 aliphatic heterocycles. The van der Waals surface area contributed by atoms with Crippen molar-refractivity contribution in [3.8, 4) is 0 Å². The molecule has 1 fully saturated rings. The molecule has 0 aromatic carbocycles. The highest BCUT2D eigenvalue weighted by Crippen LogP contribution is 2.19. The van der Waals surface area contributed by atoms with E-state index in [9.17, 15) is 15.0 Å². The molecule has 1 aliphatic rings. The summed E-state index contributed by atoms with van der Waals surface area (Å²) in [5.41, 5.74) is -0.643. The van der Waals surface area contributed by atoms with Gasteiger partial charge in [-0.3, -0.25) is 4.99 Å². The minimum Gasteiger partial charge on any atom is -0.595 e. The van der Waals surface area contributed by atoms with E-state index in [1.165, 1.54) is 4.90 Å². The number of nitrogens with zero attached hydrogens (tertiary/aromatic N) is 2. The first-order valence-electron chi connectivity index (χ1n) is 6.21. The summed E-state index contributed by atoms with van der Waals surface area (Å²) >= 11 is 5.07. The van der Waals surface area contributed by atoms with Crippen molar-refractivity contribution in [2.24, 2.45) is 4.99 Å². The molecule has 7 nitrogen and oxygen atoms in total. The van der Waals surface area contributed by atoms with Crippen LogP contribution in [0, 0.1) is 0 Å². The van der Waals surface area contributed by atoms with E-state index in [-0.39, 0.29) is 24.5 Å². The van der Waals surface area contributed by atoms with Crippen molar-refractivity contribution in [3.05, 3.63) is 0 Å². The predicted octanol–water partition coefficient (Wildman–Crippen LogP) is -0.635. The summed E-state index contributed by atoms with van der Waals surface area (Å²) in [7, 11) is 0. The normalized spacial score (nSPS) is 23.8. The van der Waals surface area contributed by atoms with Crippen LogP contribution in [0.4, 0.5) is 0 Å². The Hall–Kier alpha value is -1.41. The molecule has 0 saturated carbocycles. The van der Waals surface area contributed by atoms with E-state index < -0.39 is 29.8 Å². The van der Waals surface area contributed by atoms with Crippen molar-refractivity contribution in [1.82, 2.24) is 4.90 Å². The Balaban J connectivity index is 2.62. The number of aliphatic hydroxyl groups excluding tert-OH is 1. The van der Waals surface area contributed by atoms with Gasteiger partial charge in [0.15, 0.2) is 0 Å². The number of likely N-dealkylation sites (tertiary alicyclic amines) is 1. The van der Waals surface area contributed by atoms with Gasteiger partial charge in [0.1, 0.15) is 17.1 Å². The van der Waals surface area contributed by atoms with Crippen molar-refractivity contribution >= 4 is 29.3 Å². The van der Waals surface area contributed by atoms with Gasteiger partial charge < -0.3 is 25.0 Å². The fraction of sp³-hybridized carbons (Fsp3) is 0.750. The highest BCUT2D eigenvalue weighted by atomic mass is 32.1. The zero-order valence-electron chi connectivity index (χ0n) is 11.7. The van der Waals surface area contributed by atoms with Crippen molar-refractivity contribution in [2.75, 3.05) is 13.1 Å². The van der Waals surface area contributed by atoms with Crippen LogP contribution < -0.4 is 5.11 Å². The lowest BCUT2D eigenvalue weighted by Gasteiger charge is -2.30. The topological polar surface area (TPSA) is 105 Å². The first-order valence-corrected chi connectivity index (χ1v) is 6.62. The molecule has 0 aromatic heterocycles. The molecule has 2 atom stereocenters. The van der Waals surface area contributed by atoms with Crippen LogP contribution in [0.25, 0.3) is 0 Å². The van der Waals surface area contributed by atoms with Crippen LogP contribution in [0.1, 0.15) is 27.2 Å². The van der Waals surface area contributed by atoms with Gasteiger partial charge in [0, 0.05) is 18.6 Å². The van der Waals surface area contributed by atoms with Gasteiger partial charge in [-0.2, -0.15) is 0 Å². The number of β-amino-alcohol motifs (C(OH)–C–C–N with tert-alkyl or cyclic N) is 1. The standard InChI is InChI=1S/C12H20N2O5S/c1-12(2,3)19-11(18)13-5-9(20)14-6-7(15)4-8(14)10(16)17/h7-8,15H,4-6H2,1-3H3,(H,13,18)(H,16,17)/p-1. The Morgan fingerprint density at radius 3 is 2.65 bits per heavy atom. The highest BCUT2D eigenvalue weighted by molar-refractivity contribution is 7.80. The maximum Gasteiger partial charge on any atom is 0.326 e. The largest absolute Gasteiger partial charge is 0.595 e. The Labute approximate surface area is 122 Å². The molecule has 20 heavy (non-hydrogen) atoms. The van der Waals surface area contributed by atoms with Crippen molar-refractivity contribution < 1.29 is 24.9 Å². The molecular weight excluding hydrogens is 284 g/mol. The molecule has 2 unspecified atom stereocenters. The molecule has 0 spiro atoms. The second kappa shape index (κ2) is 6.36. The molecule has 0 bridgehead atoms. The fourth-order valence-electron chi connectivity index (χ4n) is 1.84. The summed E-state index contributed by atoms with van der Waals surface area (Å²) in [6.45, 7) is 5.17. The molecule has 114 valence electrons. The third-order valence-electron chi connectivity index (χ3n) is 2.62. The zero-order valence-corrected chi connectivity index (χ0v) is 12.5. The van der Waals surface area contributed by atoms with E-state index >= 15 is 0 Å². The Morgan fingerprint density at radius 1 is 1.55 bits per heavy atom. The van der Waals surface area contributed by atoms with Gasteiger partial charge in [-0.25, -0.2) is 4.79 Å². The Kier molecular flexibility index (Phi) is 5.29. The van der Waals surface area contributed by atoms with Gasteiger partial charge in [-0.15, -0.1) is 0 Å². The van der Waals surface area contributed by atoms with Gasteiger partial charge in [0.25, 0.3) is 0 Å². The zero-order chi connectivity index (χ0) is 15.5. The maximum absolute atomic E-state index is 11.4. The lowest BCUT2D eigenvalue weighted by molar-refractivity contribution is -0.260. The molecule has 2 N–H and O–H groups in total. The maximum atomic E-state index is 11.4. The number of ether oxygens (including phenoxy) is 1. The van der Waals surface area contributed by atoms with E-state index in [1.54, 1.807) is 20.8 Å². The molecule has 8 heteroatoms. The van der Waals surface area contributed by atoms with E-state index in [1.807, 2.05) is 0 Å². The number of rotatable bonds is 3. The highest BCUT2D eigenvalue weighted by Gasteiger charge is 2.37. The number of hydrogen-bond donors (Lipinski definition) is 2. The summed E-state index contributed by atoms with van der Waals surface area (Å²) in [6, 6.07) is -0.869. The molecule has 0 amide bonds. The smallest absolute Gasteiger partial charge is 0.326 e. The molecule has 0 radical (unpaired) electrons. The first kappa shape index (κ1) is 16.6. The van der Waals surface area contributed by atoms with E-state index in [0.717, 1.165) is 0 Å². The third kappa shape index (κ3) is 4.93. The average Bonchev–Trinajstić information content (AvgIpc) is 2.66. The number of carbonyl (C=O) groups is 1. The monoisotopic (exact) mass is 303 g/mol.